The first kappa shape index (κ1) is 25.9. The molecule has 11 heteroatoms. The highest BCUT2D eigenvalue weighted by atomic mass is 19.1. The van der Waals surface area contributed by atoms with Crippen LogP contribution in [0, 0.1) is 5.82 Å². The molecule has 4 rings (SSSR count). The number of carbonyl (C=O) groups is 4. The van der Waals surface area contributed by atoms with Gasteiger partial charge >= 0.3 is 0 Å². The summed E-state index contributed by atoms with van der Waals surface area (Å²) in [5.74, 6) is -1.47. The summed E-state index contributed by atoms with van der Waals surface area (Å²) < 4.78 is 24.2. The molecule has 0 unspecified atom stereocenters. The number of fused-ring (bicyclic) bond motifs is 2. The van der Waals surface area contributed by atoms with Gasteiger partial charge < -0.3 is 30.3 Å². The van der Waals surface area contributed by atoms with Gasteiger partial charge in [0, 0.05) is 6.54 Å². The van der Waals surface area contributed by atoms with Gasteiger partial charge in [0.1, 0.15) is 42.6 Å². The van der Waals surface area contributed by atoms with Crippen molar-refractivity contribution in [3.63, 3.8) is 0 Å². The summed E-state index contributed by atoms with van der Waals surface area (Å²) >= 11 is 0. The molecule has 37 heavy (non-hydrogen) atoms. The molecule has 0 aliphatic carbocycles. The standard InChI is InChI=1S/C26H29FN4O6/c27-17-7-9-18(10-8-17)36-14-11-28-25(34)20-16-23(32)31-13-3-5-21(31)26(35)29-12-15-37-22-6-2-1-4-19(22)24(33)30-20/h1-2,4,6-10,20-21H,3,5,11-16H2,(H,28,34)(H,29,35)(H,30,33)/t20-,21-/m0/s1. The lowest BCUT2D eigenvalue weighted by molar-refractivity contribution is -0.140. The van der Waals surface area contributed by atoms with Gasteiger partial charge in [0.15, 0.2) is 0 Å². The Labute approximate surface area is 213 Å². The van der Waals surface area contributed by atoms with Crippen molar-refractivity contribution in [1.82, 2.24) is 20.9 Å². The normalized spacial score (nSPS) is 20.5. The Morgan fingerprint density at radius 1 is 1.14 bits per heavy atom. The van der Waals surface area contributed by atoms with E-state index < -0.39 is 29.8 Å². The van der Waals surface area contributed by atoms with E-state index in [1.54, 1.807) is 24.3 Å². The van der Waals surface area contributed by atoms with Crippen LogP contribution < -0.4 is 25.4 Å². The zero-order valence-electron chi connectivity index (χ0n) is 20.2. The fourth-order valence-electron chi connectivity index (χ4n) is 4.31. The second-order valence-electron chi connectivity index (χ2n) is 8.70. The van der Waals surface area contributed by atoms with Gasteiger partial charge in [-0.15, -0.1) is 0 Å². The molecule has 10 nitrogen and oxygen atoms in total. The smallest absolute Gasteiger partial charge is 0.255 e. The highest BCUT2D eigenvalue weighted by molar-refractivity contribution is 6.01. The van der Waals surface area contributed by atoms with Crippen LogP contribution >= 0.6 is 0 Å². The first-order valence-electron chi connectivity index (χ1n) is 12.2. The summed E-state index contributed by atoms with van der Waals surface area (Å²) in [5.41, 5.74) is 0.204. The maximum atomic E-state index is 13.2. The van der Waals surface area contributed by atoms with E-state index in [2.05, 4.69) is 16.0 Å². The number of rotatable bonds is 5. The van der Waals surface area contributed by atoms with Crippen molar-refractivity contribution in [3.05, 3.63) is 59.9 Å². The van der Waals surface area contributed by atoms with Crippen LogP contribution in [0.1, 0.15) is 29.6 Å². The fraction of sp³-hybridized carbons (Fsp3) is 0.385. The quantitative estimate of drug-likeness (QED) is 0.514. The SMILES string of the molecule is O=C1N[C@H](C(=O)NCCOc2ccc(F)cc2)CC(=O)N2CCC[C@H]2C(=O)NCCOc2ccccc21. The summed E-state index contributed by atoms with van der Waals surface area (Å²) in [6, 6.07) is 10.2. The molecule has 0 bridgehead atoms. The number of hydrogen-bond donors (Lipinski definition) is 3. The summed E-state index contributed by atoms with van der Waals surface area (Å²) in [6.45, 7) is 0.930. The lowest BCUT2D eigenvalue weighted by atomic mass is 10.1. The van der Waals surface area contributed by atoms with Crippen LogP contribution in [0.2, 0.25) is 0 Å². The lowest BCUT2D eigenvalue weighted by Gasteiger charge is -2.27. The molecule has 0 radical (unpaired) electrons. The molecule has 4 amide bonds. The second-order valence-corrected chi connectivity index (χ2v) is 8.70. The van der Waals surface area contributed by atoms with Crippen LogP contribution in [0.15, 0.2) is 48.5 Å². The number of ether oxygens (including phenoxy) is 2. The molecule has 0 spiro atoms. The second kappa shape index (κ2) is 12.2. The molecule has 1 fully saturated rings. The molecule has 2 aliphatic rings. The van der Waals surface area contributed by atoms with E-state index in [1.165, 1.54) is 29.2 Å². The van der Waals surface area contributed by atoms with Crippen LogP contribution in [-0.2, 0) is 14.4 Å². The van der Waals surface area contributed by atoms with Crippen molar-refractivity contribution in [2.45, 2.75) is 31.3 Å². The number of halogens is 1. The van der Waals surface area contributed by atoms with Gasteiger partial charge in [-0.1, -0.05) is 12.1 Å². The van der Waals surface area contributed by atoms with Gasteiger partial charge in [-0.3, -0.25) is 19.2 Å². The number of carbonyl (C=O) groups excluding carboxylic acids is 4. The van der Waals surface area contributed by atoms with Crippen molar-refractivity contribution in [2.75, 3.05) is 32.8 Å². The van der Waals surface area contributed by atoms with Crippen molar-refractivity contribution < 1.29 is 33.0 Å². The monoisotopic (exact) mass is 512 g/mol. The van der Waals surface area contributed by atoms with E-state index in [0.29, 0.717) is 30.9 Å². The predicted octanol–water partition coefficient (Wildman–Crippen LogP) is 1.01. The molecule has 3 N–H and O–H groups in total. The first-order chi connectivity index (χ1) is 17.9. The Kier molecular flexibility index (Phi) is 8.55. The van der Waals surface area contributed by atoms with Crippen molar-refractivity contribution in [3.8, 4) is 11.5 Å². The van der Waals surface area contributed by atoms with E-state index in [-0.39, 0.29) is 50.0 Å². The Morgan fingerprint density at radius 3 is 2.73 bits per heavy atom. The Morgan fingerprint density at radius 2 is 1.92 bits per heavy atom. The number of nitrogens with zero attached hydrogens (tertiary/aromatic N) is 1. The third-order valence-corrected chi connectivity index (χ3v) is 6.15. The number of amides is 4. The molecule has 2 aromatic carbocycles. The van der Waals surface area contributed by atoms with E-state index in [1.807, 2.05) is 0 Å². The topological polar surface area (TPSA) is 126 Å². The maximum Gasteiger partial charge on any atom is 0.255 e. The zero-order valence-corrected chi connectivity index (χ0v) is 20.2. The van der Waals surface area contributed by atoms with E-state index in [4.69, 9.17) is 9.47 Å². The molecule has 0 saturated carbocycles. The summed E-state index contributed by atoms with van der Waals surface area (Å²) in [4.78, 5) is 53.4. The van der Waals surface area contributed by atoms with E-state index in [9.17, 15) is 23.6 Å². The molecular formula is C26H29FN4O6. The lowest BCUT2D eigenvalue weighted by Crippen LogP contribution is -2.52. The zero-order chi connectivity index (χ0) is 26.2. The molecule has 2 heterocycles. The summed E-state index contributed by atoms with van der Waals surface area (Å²) in [5, 5.41) is 8.10. The predicted molar refractivity (Wildman–Crippen MR) is 130 cm³/mol. The summed E-state index contributed by atoms with van der Waals surface area (Å²) in [7, 11) is 0. The number of nitrogens with one attached hydrogen (secondary N) is 3. The maximum absolute atomic E-state index is 13.2. The van der Waals surface area contributed by atoms with Gasteiger partial charge in [-0.25, -0.2) is 4.39 Å². The van der Waals surface area contributed by atoms with Crippen molar-refractivity contribution >= 4 is 23.6 Å². The highest BCUT2D eigenvalue weighted by Gasteiger charge is 2.36. The van der Waals surface area contributed by atoms with Crippen LogP contribution in [0.5, 0.6) is 11.5 Å². The van der Waals surface area contributed by atoms with Crippen molar-refractivity contribution in [1.29, 1.82) is 0 Å². The van der Waals surface area contributed by atoms with Gasteiger partial charge in [0.2, 0.25) is 17.7 Å². The van der Waals surface area contributed by atoms with E-state index in [0.717, 1.165) is 0 Å². The largest absolute Gasteiger partial charge is 0.492 e. The minimum atomic E-state index is -1.19. The Balaban J connectivity index is 1.47. The summed E-state index contributed by atoms with van der Waals surface area (Å²) in [6.07, 6.45) is 0.865. The van der Waals surface area contributed by atoms with Gasteiger partial charge in [-0.05, 0) is 49.2 Å². The average Bonchev–Trinajstić information content (AvgIpc) is 3.39. The van der Waals surface area contributed by atoms with Crippen LogP contribution in [0.25, 0.3) is 0 Å². The molecule has 1 saturated heterocycles. The minimum Gasteiger partial charge on any atom is -0.492 e. The fourth-order valence-corrected chi connectivity index (χ4v) is 4.31. The van der Waals surface area contributed by atoms with E-state index >= 15 is 0 Å². The van der Waals surface area contributed by atoms with Crippen LogP contribution in [0.3, 0.4) is 0 Å². The molecule has 196 valence electrons. The Bertz CT molecular complexity index is 1140. The molecule has 0 aromatic heterocycles. The molecule has 2 aliphatic heterocycles. The highest BCUT2D eigenvalue weighted by Crippen LogP contribution is 2.21. The first-order valence-corrected chi connectivity index (χ1v) is 12.2. The van der Waals surface area contributed by atoms with Gasteiger partial charge in [-0.2, -0.15) is 0 Å². The third-order valence-electron chi connectivity index (χ3n) is 6.15. The van der Waals surface area contributed by atoms with Crippen LogP contribution in [0.4, 0.5) is 4.39 Å². The van der Waals surface area contributed by atoms with Gasteiger partial charge in [0.25, 0.3) is 5.91 Å². The molecular weight excluding hydrogens is 483 g/mol. The average molecular weight is 513 g/mol. The van der Waals surface area contributed by atoms with Crippen LogP contribution in [-0.4, -0.2) is 73.5 Å². The van der Waals surface area contributed by atoms with Crippen molar-refractivity contribution in [2.24, 2.45) is 0 Å². The number of para-hydroxylation sites is 1. The molecule has 2 atom stereocenters. The minimum absolute atomic E-state index is 0.0885. The number of hydrogen-bond acceptors (Lipinski definition) is 6. The number of benzene rings is 2. The Hall–Kier alpha value is -4.15. The third kappa shape index (κ3) is 6.75. The van der Waals surface area contributed by atoms with Gasteiger partial charge in [0.05, 0.1) is 25.1 Å². The molecule has 2 aromatic rings.